The van der Waals surface area contributed by atoms with Crippen LogP contribution < -0.4 is 10.6 Å². The third kappa shape index (κ3) is 4.04. The zero-order valence-corrected chi connectivity index (χ0v) is 11.8. The van der Waals surface area contributed by atoms with Gasteiger partial charge in [-0.25, -0.2) is 4.79 Å². The molecule has 0 bridgehead atoms. The number of aliphatic hydroxyl groups is 4. The average molecular weight is 304 g/mol. The lowest BCUT2D eigenvalue weighted by Crippen LogP contribution is -2.64. The highest BCUT2D eigenvalue weighted by atomic mass is 16.6. The molecule has 2 amide bonds. The highest BCUT2D eigenvalue weighted by Gasteiger charge is 2.44. The number of amides is 2. The first kappa shape index (κ1) is 16.4. The maximum Gasteiger partial charge on any atom is 0.317 e. The van der Waals surface area contributed by atoms with Crippen LogP contribution in [0.4, 0.5) is 4.79 Å². The standard InChI is InChI=1S/C13H24N2O6/c16-6-8-9(17)10(18)11(19)12(21-8)15-13(20)14-7-4-2-1-3-5-7/h7-12,16-19H,1-6H2,(H2,14,15,20)/t8-,9-,10+,11-,12-/m1/s1. The molecule has 6 N–H and O–H groups in total. The summed E-state index contributed by atoms with van der Waals surface area (Å²) < 4.78 is 5.21. The Morgan fingerprint density at radius 3 is 2.29 bits per heavy atom. The number of nitrogens with one attached hydrogen (secondary N) is 2. The van der Waals surface area contributed by atoms with Crippen molar-refractivity contribution in [3.05, 3.63) is 0 Å². The molecular formula is C13H24N2O6. The van der Waals surface area contributed by atoms with Crippen LogP contribution >= 0.6 is 0 Å². The Morgan fingerprint density at radius 2 is 1.67 bits per heavy atom. The molecule has 1 saturated heterocycles. The first-order chi connectivity index (χ1) is 10.0. The Bertz CT molecular complexity index is 348. The number of ether oxygens (including phenoxy) is 1. The molecule has 8 heteroatoms. The van der Waals surface area contributed by atoms with Gasteiger partial charge in [0.15, 0.2) is 6.23 Å². The van der Waals surface area contributed by atoms with Crippen LogP contribution in [0.5, 0.6) is 0 Å². The van der Waals surface area contributed by atoms with Crippen molar-refractivity contribution in [2.75, 3.05) is 6.61 Å². The average Bonchev–Trinajstić information content (AvgIpc) is 2.49. The third-order valence-electron chi connectivity index (χ3n) is 4.11. The first-order valence-electron chi connectivity index (χ1n) is 7.40. The van der Waals surface area contributed by atoms with E-state index in [9.17, 15) is 20.1 Å². The van der Waals surface area contributed by atoms with Crippen molar-refractivity contribution in [2.45, 2.75) is 68.8 Å². The van der Waals surface area contributed by atoms with Gasteiger partial charge in [0.1, 0.15) is 24.4 Å². The molecule has 0 radical (unpaired) electrons. The number of aliphatic hydroxyl groups excluding tert-OH is 4. The number of hydrogen-bond acceptors (Lipinski definition) is 6. The van der Waals surface area contributed by atoms with Gasteiger partial charge in [0, 0.05) is 6.04 Å². The number of carbonyl (C=O) groups is 1. The van der Waals surface area contributed by atoms with Gasteiger partial charge in [-0.1, -0.05) is 19.3 Å². The first-order valence-corrected chi connectivity index (χ1v) is 7.40. The predicted molar refractivity (Wildman–Crippen MR) is 72.3 cm³/mol. The summed E-state index contributed by atoms with van der Waals surface area (Å²) in [5.74, 6) is 0. The number of urea groups is 1. The van der Waals surface area contributed by atoms with E-state index in [0.717, 1.165) is 25.7 Å². The van der Waals surface area contributed by atoms with E-state index < -0.39 is 43.3 Å². The maximum atomic E-state index is 11.9. The second-order valence-electron chi connectivity index (χ2n) is 5.70. The fraction of sp³-hybridized carbons (Fsp3) is 0.923. The van der Waals surface area contributed by atoms with Gasteiger partial charge >= 0.3 is 6.03 Å². The molecule has 1 heterocycles. The topological polar surface area (TPSA) is 131 Å². The summed E-state index contributed by atoms with van der Waals surface area (Å²) in [6.07, 6.45) is -1.42. The molecule has 1 saturated carbocycles. The molecule has 2 fully saturated rings. The van der Waals surface area contributed by atoms with Crippen molar-refractivity contribution in [3.63, 3.8) is 0 Å². The van der Waals surface area contributed by atoms with Gasteiger partial charge in [0.25, 0.3) is 0 Å². The Labute approximate surface area is 123 Å². The molecule has 0 unspecified atom stereocenters. The van der Waals surface area contributed by atoms with E-state index in [2.05, 4.69) is 10.6 Å². The van der Waals surface area contributed by atoms with Gasteiger partial charge in [-0.05, 0) is 12.8 Å². The van der Waals surface area contributed by atoms with Crippen LogP contribution in [0.25, 0.3) is 0 Å². The zero-order valence-electron chi connectivity index (χ0n) is 11.8. The van der Waals surface area contributed by atoms with Crippen LogP contribution in [0.3, 0.4) is 0 Å². The normalized spacial score (nSPS) is 38.0. The quantitative estimate of drug-likeness (QED) is 0.373. The zero-order chi connectivity index (χ0) is 15.4. The molecule has 122 valence electrons. The van der Waals surface area contributed by atoms with E-state index in [1.54, 1.807) is 0 Å². The van der Waals surface area contributed by atoms with Crippen LogP contribution in [0.1, 0.15) is 32.1 Å². The Balaban J connectivity index is 1.86. The smallest absolute Gasteiger partial charge is 0.317 e. The van der Waals surface area contributed by atoms with E-state index in [-0.39, 0.29) is 6.04 Å². The Morgan fingerprint density at radius 1 is 1.00 bits per heavy atom. The van der Waals surface area contributed by atoms with Gasteiger partial charge in [0.05, 0.1) is 6.61 Å². The van der Waals surface area contributed by atoms with Gasteiger partial charge in [-0.15, -0.1) is 0 Å². The Hall–Kier alpha value is -0.930. The van der Waals surface area contributed by atoms with Crippen LogP contribution in [-0.4, -0.2) is 69.7 Å². The summed E-state index contributed by atoms with van der Waals surface area (Å²) in [6.45, 7) is -0.520. The molecule has 5 atom stereocenters. The lowest BCUT2D eigenvalue weighted by Gasteiger charge is -2.40. The number of hydrogen-bond donors (Lipinski definition) is 6. The van der Waals surface area contributed by atoms with Crippen molar-refractivity contribution in [1.29, 1.82) is 0 Å². The molecule has 0 spiro atoms. The van der Waals surface area contributed by atoms with Crippen LogP contribution in [0.2, 0.25) is 0 Å². The molecule has 2 rings (SSSR count). The molecule has 1 aliphatic heterocycles. The summed E-state index contributed by atoms with van der Waals surface area (Å²) in [5.41, 5.74) is 0. The second kappa shape index (κ2) is 7.37. The Kier molecular flexibility index (Phi) is 5.77. The van der Waals surface area contributed by atoms with Crippen molar-refractivity contribution in [3.8, 4) is 0 Å². The summed E-state index contributed by atoms with van der Waals surface area (Å²) >= 11 is 0. The van der Waals surface area contributed by atoms with Gasteiger partial charge in [-0.2, -0.15) is 0 Å². The summed E-state index contributed by atoms with van der Waals surface area (Å²) in [6, 6.07) is -0.394. The summed E-state index contributed by atoms with van der Waals surface area (Å²) in [7, 11) is 0. The number of rotatable bonds is 3. The van der Waals surface area contributed by atoms with Crippen molar-refractivity contribution >= 4 is 6.03 Å². The number of carbonyl (C=O) groups excluding carboxylic acids is 1. The minimum atomic E-state index is -1.49. The van der Waals surface area contributed by atoms with E-state index in [1.165, 1.54) is 6.42 Å². The molecule has 1 aliphatic carbocycles. The van der Waals surface area contributed by atoms with Crippen LogP contribution in [-0.2, 0) is 4.74 Å². The second-order valence-corrected chi connectivity index (χ2v) is 5.70. The fourth-order valence-corrected chi connectivity index (χ4v) is 2.82. The summed E-state index contributed by atoms with van der Waals surface area (Å²) in [4.78, 5) is 11.9. The SMILES string of the molecule is O=C(NC1CCCCC1)N[C@@H]1O[C@H](CO)[C@@H](O)[C@H](O)[C@H]1O. The van der Waals surface area contributed by atoms with Crippen molar-refractivity contribution < 1.29 is 30.0 Å². The molecule has 2 aliphatic rings. The maximum absolute atomic E-state index is 11.9. The lowest BCUT2D eigenvalue weighted by atomic mass is 9.96. The third-order valence-corrected chi connectivity index (χ3v) is 4.11. The lowest BCUT2D eigenvalue weighted by molar-refractivity contribution is -0.233. The van der Waals surface area contributed by atoms with E-state index in [1.807, 2.05) is 0 Å². The molecule has 0 aromatic carbocycles. The van der Waals surface area contributed by atoms with E-state index in [4.69, 9.17) is 9.84 Å². The molecule has 0 aromatic rings. The minimum absolute atomic E-state index is 0.101. The molecule has 21 heavy (non-hydrogen) atoms. The molecule has 0 aromatic heterocycles. The van der Waals surface area contributed by atoms with Crippen molar-refractivity contribution in [1.82, 2.24) is 10.6 Å². The summed E-state index contributed by atoms with van der Waals surface area (Å²) in [5, 5.41) is 43.4. The minimum Gasteiger partial charge on any atom is -0.394 e. The highest BCUT2D eigenvalue weighted by molar-refractivity contribution is 5.74. The highest BCUT2D eigenvalue weighted by Crippen LogP contribution is 2.20. The fourth-order valence-electron chi connectivity index (χ4n) is 2.82. The monoisotopic (exact) mass is 304 g/mol. The largest absolute Gasteiger partial charge is 0.394 e. The van der Waals surface area contributed by atoms with Gasteiger partial charge in [0.2, 0.25) is 0 Å². The van der Waals surface area contributed by atoms with E-state index >= 15 is 0 Å². The van der Waals surface area contributed by atoms with Gasteiger partial charge < -0.3 is 35.8 Å². The van der Waals surface area contributed by atoms with Crippen LogP contribution in [0, 0.1) is 0 Å². The van der Waals surface area contributed by atoms with E-state index in [0.29, 0.717) is 0 Å². The van der Waals surface area contributed by atoms with Crippen LogP contribution in [0.15, 0.2) is 0 Å². The molecular weight excluding hydrogens is 280 g/mol. The predicted octanol–water partition coefficient (Wildman–Crippen LogP) is -1.58. The van der Waals surface area contributed by atoms with Gasteiger partial charge in [-0.3, -0.25) is 0 Å². The molecule has 8 nitrogen and oxygen atoms in total. The van der Waals surface area contributed by atoms with Crippen molar-refractivity contribution in [2.24, 2.45) is 0 Å².